The molecule has 0 fully saturated rings. The Morgan fingerprint density at radius 1 is 1.11 bits per heavy atom. The van der Waals surface area contributed by atoms with Gasteiger partial charge in [0.1, 0.15) is 12.1 Å². The second-order valence-electron chi connectivity index (χ2n) is 4.19. The summed E-state index contributed by atoms with van der Waals surface area (Å²) in [5.74, 6) is -2.78. The zero-order valence-corrected chi connectivity index (χ0v) is 10.1. The molecule has 0 saturated carbocycles. The maximum atomic E-state index is 10.8. The van der Waals surface area contributed by atoms with Crippen LogP contribution in [0.1, 0.15) is 24.5 Å². The minimum Gasteiger partial charge on any atom is -0.480 e. The van der Waals surface area contributed by atoms with Crippen molar-refractivity contribution in [1.82, 2.24) is 9.97 Å². The van der Waals surface area contributed by atoms with Crippen LogP contribution in [0, 0.1) is 0 Å². The maximum Gasteiger partial charge on any atom is 0.320 e. The molecule has 1 aromatic heterocycles. The number of aliphatic carboxylic acids is 2. The summed E-state index contributed by atoms with van der Waals surface area (Å²) in [6.07, 6.45) is 4.47. The predicted molar refractivity (Wildman–Crippen MR) is 65.2 cm³/mol. The molecule has 0 spiro atoms. The van der Waals surface area contributed by atoms with E-state index in [1.807, 2.05) is 0 Å². The Labute approximate surface area is 109 Å². The summed E-state index contributed by atoms with van der Waals surface area (Å²) in [6, 6.07) is -2.21. The minimum absolute atomic E-state index is 0.0506. The lowest BCUT2D eigenvalue weighted by Crippen LogP contribution is -2.36. The topological polar surface area (TPSA) is 152 Å². The number of aromatic nitrogens is 2. The van der Waals surface area contributed by atoms with Gasteiger partial charge >= 0.3 is 11.9 Å². The molecule has 1 aromatic rings. The molecular weight excluding hydrogens is 252 g/mol. The Morgan fingerprint density at radius 3 is 2.00 bits per heavy atom. The number of nitrogens with two attached hydrogens (primary N) is 2. The lowest BCUT2D eigenvalue weighted by Gasteiger charge is -2.20. The molecule has 0 saturated heterocycles. The first kappa shape index (κ1) is 15.0. The molecule has 0 aromatic carbocycles. The van der Waals surface area contributed by atoms with Crippen molar-refractivity contribution in [2.75, 3.05) is 0 Å². The van der Waals surface area contributed by atoms with Gasteiger partial charge in [0.15, 0.2) is 0 Å². The summed E-state index contributed by atoms with van der Waals surface area (Å²) in [6.45, 7) is 0. The lowest BCUT2D eigenvalue weighted by molar-refractivity contribution is -0.139. The van der Waals surface area contributed by atoms with Crippen molar-refractivity contribution in [3.8, 4) is 0 Å². The number of carboxylic acid groups (broad SMARTS) is 2. The lowest BCUT2D eigenvalue weighted by atomic mass is 9.90. The molecule has 1 rings (SSSR count). The summed E-state index contributed by atoms with van der Waals surface area (Å²) in [5.41, 5.74) is 11.4. The molecule has 0 radical (unpaired) electrons. The van der Waals surface area contributed by atoms with Crippen LogP contribution in [0.5, 0.6) is 0 Å². The van der Waals surface area contributed by atoms with Crippen molar-refractivity contribution >= 4 is 11.9 Å². The Kier molecular flexibility index (Phi) is 5.34. The van der Waals surface area contributed by atoms with Crippen LogP contribution in [-0.4, -0.2) is 44.2 Å². The van der Waals surface area contributed by atoms with Gasteiger partial charge in [0, 0.05) is 24.5 Å². The molecule has 0 amide bonds. The van der Waals surface area contributed by atoms with Crippen LogP contribution in [0.3, 0.4) is 0 Å². The first-order chi connectivity index (χ1) is 8.91. The van der Waals surface area contributed by atoms with E-state index >= 15 is 0 Å². The number of carbonyl (C=O) groups is 2. The van der Waals surface area contributed by atoms with Crippen LogP contribution in [0.25, 0.3) is 0 Å². The minimum atomic E-state index is -1.15. The third-order valence-electron chi connectivity index (χ3n) is 2.71. The molecule has 6 N–H and O–H groups in total. The first-order valence-corrected chi connectivity index (χ1v) is 5.64. The molecule has 2 atom stereocenters. The highest BCUT2D eigenvalue weighted by Crippen LogP contribution is 2.23. The van der Waals surface area contributed by atoms with E-state index in [-0.39, 0.29) is 12.8 Å². The summed E-state index contributed by atoms with van der Waals surface area (Å²) < 4.78 is 0. The van der Waals surface area contributed by atoms with E-state index in [1.54, 1.807) is 0 Å². The van der Waals surface area contributed by atoms with Gasteiger partial charge in [0.05, 0.1) is 5.69 Å². The Balaban J connectivity index is 2.85. The molecule has 104 valence electrons. The highest BCUT2D eigenvalue weighted by Gasteiger charge is 2.25. The molecule has 0 aliphatic rings. The first-order valence-electron chi connectivity index (χ1n) is 5.64. The zero-order chi connectivity index (χ0) is 14.4. The third kappa shape index (κ3) is 4.60. The van der Waals surface area contributed by atoms with Crippen molar-refractivity contribution in [3.05, 3.63) is 24.3 Å². The molecule has 1 heterocycles. The van der Waals surface area contributed by atoms with E-state index in [4.69, 9.17) is 21.7 Å². The molecule has 8 heteroatoms. The number of hydrogen-bond donors (Lipinski definition) is 4. The fourth-order valence-corrected chi connectivity index (χ4v) is 1.67. The quantitative estimate of drug-likeness (QED) is 0.499. The van der Waals surface area contributed by atoms with Gasteiger partial charge in [0.2, 0.25) is 0 Å². The Hall–Kier alpha value is -2.06. The summed E-state index contributed by atoms with van der Waals surface area (Å²) in [7, 11) is 0. The van der Waals surface area contributed by atoms with E-state index in [9.17, 15) is 9.59 Å². The van der Waals surface area contributed by atoms with Crippen LogP contribution in [0.15, 0.2) is 18.6 Å². The summed E-state index contributed by atoms with van der Waals surface area (Å²) in [4.78, 5) is 29.5. The van der Waals surface area contributed by atoms with Gasteiger partial charge < -0.3 is 21.7 Å². The molecule has 0 aliphatic heterocycles. The zero-order valence-electron chi connectivity index (χ0n) is 10.1. The Morgan fingerprint density at radius 2 is 1.63 bits per heavy atom. The monoisotopic (exact) mass is 268 g/mol. The van der Waals surface area contributed by atoms with Gasteiger partial charge in [-0.05, 0) is 12.8 Å². The van der Waals surface area contributed by atoms with E-state index < -0.39 is 29.9 Å². The highest BCUT2D eigenvalue weighted by atomic mass is 16.4. The molecule has 0 aliphatic carbocycles. The van der Waals surface area contributed by atoms with Crippen LogP contribution in [0.2, 0.25) is 0 Å². The Bertz CT molecular complexity index is 418. The number of nitrogens with zero attached hydrogens (tertiary/aromatic N) is 2. The van der Waals surface area contributed by atoms with Gasteiger partial charge in [-0.1, -0.05) is 0 Å². The van der Waals surface area contributed by atoms with E-state index in [2.05, 4.69) is 9.97 Å². The predicted octanol–water partition coefficient (Wildman–Crippen LogP) is -0.836. The van der Waals surface area contributed by atoms with Gasteiger partial charge in [-0.3, -0.25) is 19.6 Å². The van der Waals surface area contributed by atoms with Crippen molar-refractivity contribution in [2.24, 2.45) is 11.5 Å². The average molecular weight is 268 g/mol. The second kappa shape index (κ2) is 6.76. The standard InChI is InChI=1S/C11H16N4O4/c12-7(10(16)17)3-6(4-8(13)11(18)19)9-5-14-1-2-15-9/h1-2,5-8H,3-4,12-13H2,(H,16,17)(H,18,19). The smallest absolute Gasteiger partial charge is 0.320 e. The largest absolute Gasteiger partial charge is 0.480 e. The SMILES string of the molecule is NC(CC(CC(N)C(=O)O)c1cnccn1)C(=O)O. The molecular formula is C11H16N4O4. The third-order valence-corrected chi connectivity index (χ3v) is 2.71. The number of carboxylic acids is 2. The summed E-state index contributed by atoms with van der Waals surface area (Å²) in [5, 5.41) is 17.6. The maximum absolute atomic E-state index is 10.8. The van der Waals surface area contributed by atoms with Crippen molar-refractivity contribution in [1.29, 1.82) is 0 Å². The second-order valence-corrected chi connectivity index (χ2v) is 4.19. The molecule has 19 heavy (non-hydrogen) atoms. The molecule has 2 unspecified atom stereocenters. The van der Waals surface area contributed by atoms with Crippen LogP contribution < -0.4 is 11.5 Å². The van der Waals surface area contributed by atoms with Gasteiger partial charge in [0.25, 0.3) is 0 Å². The average Bonchev–Trinajstić information content (AvgIpc) is 2.38. The fraction of sp³-hybridized carbons (Fsp3) is 0.455. The van der Waals surface area contributed by atoms with Crippen LogP contribution >= 0.6 is 0 Å². The van der Waals surface area contributed by atoms with Gasteiger partial charge in [-0.2, -0.15) is 0 Å². The van der Waals surface area contributed by atoms with Gasteiger partial charge in [-0.15, -0.1) is 0 Å². The number of rotatable bonds is 7. The summed E-state index contributed by atoms with van der Waals surface area (Å²) >= 11 is 0. The number of hydrogen-bond acceptors (Lipinski definition) is 6. The molecule has 0 bridgehead atoms. The highest BCUT2D eigenvalue weighted by molar-refractivity contribution is 5.74. The van der Waals surface area contributed by atoms with Crippen molar-refractivity contribution < 1.29 is 19.8 Å². The van der Waals surface area contributed by atoms with Crippen molar-refractivity contribution in [2.45, 2.75) is 30.8 Å². The fourth-order valence-electron chi connectivity index (χ4n) is 1.67. The van der Waals surface area contributed by atoms with Crippen LogP contribution in [0.4, 0.5) is 0 Å². The van der Waals surface area contributed by atoms with Gasteiger partial charge in [-0.25, -0.2) is 0 Å². The van der Waals surface area contributed by atoms with E-state index in [0.717, 1.165) is 0 Å². The van der Waals surface area contributed by atoms with E-state index in [1.165, 1.54) is 18.6 Å². The van der Waals surface area contributed by atoms with Crippen LogP contribution in [-0.2, 0) is 9.59 Å². The molecule has 8 nitrogen and oxygen atoms in total. The van der Waals surface area contributed by atoms with E-state index in [0.29, 0.717) is 5.69 Å². The normalized spacial score (nSPS) is 15.5. The van der Waals surface area contributed by atoms with Crippen molar-refractivity contribution in [3.63, 3.8) is 0 Å².